The average molecular weight is 534 g/mol. The lowest BCUT2D eigenvalue weighted by atomic mass is 9.93. The molecule has 2 aliphatic carbocycles. The minimum Gasteiger partial charge on any atom is -0.349 e. The van der Waals surface area contributed by atoms with Crippen LogP contribution >= 0.6 is 24.0 Å². The van der Waals surface area contributed by atoms with Crippen molar-refractivity contribution in [1.29, 1.82) is 0 Å². The lowest BCUT2D eigenvalue weighted by Gasteiger charge is -2.41. The van der Waals surface area contributed by atoms with Crippen LogP contribution in [0.5, 0.6) is 0 Å². The highest BCUT2D eigenvalue weighted by Crippen LogP contribution is 2.46. The van der Waals surface area contributed by atoms with E-state index in [1.54, 1.807) is 0 Å². The van der Waals surface area contributed by atoms with Crippen LogP contribution in [-0.4, -0.2) is 64.6 Å². The number of guanidine groups is 1. The van der Waals surface area contributed by atoms with Gasteiger partial charge in [-0.05, 0) is 36.7 Å². The first-order chi connectivity index (χ1) is 14.8. The van der Waals surface area contributed by atoms with Gasteiger partial charge in [0.1, 0.15) is 5.82 Å². The number of piperazine rings is 1. The molecule has 5 rings (SSSR count). The molecule has 3 aliphatic rings. The molecule has 3 unspecified atom stereocenters. The van der Waals surface area contributed by atoms with E-state index in [0.29, 0.717) is 6.54 Å². The van der Waals surface area contributed by atoms with E-state index in [-0.39, 0.29) is 24.0 Å². The number of nitrogens with one attached hydrogen (secondary N) is 1. The highest BCUT2D eigenvalue weighted by atomic mass is 127. The maximum Gasteiger partial charge on any atom is 0.194 e. The number of hydrogen-bond acceptors (Lipinski definition) is 3. The van der Waals surface area contributed by atoms with E-state index in [9.17, 15) is 0 Å². The van der Waals surface area contributed by atoms with Crippen molar-refractivity contribution < 1.29 is 0 Å². The third kappa shape index (κ3) is 5.08. The van der Waals surface area contributed by atoms with Crippen molar-refractivity contribution >= 4 is 29.9 Å². The molecule has 0 amide bonds. The van der Waals surface area contributed by atoms with E-state index in [2.05, 4.69) is 66.2 Å². The SMILES string of the molecule is CN=C(NCc1nccn1Cc1ccccc1)N1CCN(C2CC3CCC2C3)CC1.I. The van der Waals surface area contributed by atoms with E-state index in [0.717, 1.165) is 62.4 Å². The number of hydrogen-bond donors (Lipinski definition) is 1. The van der Waals surface area contributed by atoms with Gasteiger partial charge in [-0.1, -0.05) is 36.8 Å². The molecule has 2 aromatic rings. The Morgan fingerprint density at radius 1 is 1.10 bits per heavy atom. The summed E-state index contributed by atoms with van der Waals surface area (Å²) in [6.07, 6.45) is 9.83. The normalized spacial score (nSPS) is 26.2. The van der Waals surface area contributed by atoms with Gasteiger partial charge in [0.2, 0.25) is 0 Å². The van der Waals surface area contributed by atoms with Crippen LogP contribution in [-0.2, 0) is 13.1 Å². The maximum absolute atomic E-state index is 4.57. The van der Waals surface area contributed by atoms with Gasteiger partial charge < -0.3 is 14.8 Å². The van der Waals surface area contributed by atoms with Crippen molar-refractivity contribution in [1.82, 2.24) is 24.7 Å². The summed E-state index contributed by atoms with van der Waals surface area (Å²) in [5.41, 5.74) is 1.29. The molecule has 1 aromatic heterocycles. The first-order valence-corrected chi connectivity index (χ1v) is 11.5. The summed E-state index contributed by atoms with van der Waals surface area (Å²) in [6, 6.07) is 11.4. The summed E-state index contributed by atoms with van der Waals surface area (Å²) in [7, 11) is 1.89. The fourth-order valence-electron chi connectivity index (χ4n) is 5.85. The number of aromatic nitrogens is 2. The van der Waals surface area contributed by atoms with Crippen molar-refractivity contribution in [3.05, 3.63) is 54.1 Å². The Balaban J connectivity index is 0.00000231. The van der Waals surface area contributed by atoms with Gasteiger partial charge in [0, 0.05) is 58.2 Å². The Morgan fingerprint density at radius 2 is 1.90 bits per heavy atom. The fraction of sp³-hybridized carbons (Fsp3) is 0.583. The largest absolute Gasteiger partial charge is 0.349 e. The first kappa shape index (κ1) is 22.6. The third-order valence-corrected chi connectivity index (χ3v) is 7.40. The number of halogens is 1. The highest BCUT2D eigenvalue weighted by Gasteiger charge is 2.42. The molecule has 2 bridgehead atoms. The molecule has 6 nitrogen and oxygen atoms in total. The van der Waals surface area contributed by atoms with Gasteiger partial charge >= 0.3 is 0 Å². The van der Waals surface area contributed by atoms with Crippen molar-refractivity contribution in [3.8, 4) is 0 Å². The maximum atomic E-state index is 4.57. The molecule has 0 spiro atoms. The molecule has 2 heterocycles. The van der Waals surface area contributed by atoms with Crippen LogP contribution in [0.2, 0.25) is 0 Å². The van der Waals surface area contributed by atoms with Gasteiger partial charge in [0.05, 0.1) is 6.54 Å². The van der Waals surface area contributed by atoms with Crippen LogP contribution in [0.1, 0.15) is 37.1 Å². The summed E-state index contributed by atoms with van der Waals surface area (Å²) < 4.78 is 2.21. The summed E-state index contributed by atoms with van der Waals surface area (Å²) in [4.78, 5) is 14.3. The minimum atomic E-state index is 0. The third-order valence-electron chi connectivity index (χ3n) is 7.40. The number of benzene rings is 1. The highest BCUT2D eigenvalue weighted by molar-refractivity contribution is 14.0. The average Bonchev–Trinajstić information content (AvgIpc) is 3.53. The molecule has 1 aromatic carbocycles. The number of rotatable bonds is 5. The molecule has 1 saturated heterocycles. The topological polar surface area (TPSA) is 48.7 Å². The zero-order valence-electron chi connectivity index (χ0n) is 18.5. The second-order valence-corrected chi connectivity index (χ2v) is 9.12. The smallest absolute Gasteiger partial charge is 0.194 e. The van der Waals surface area contributed by atoms with Crippen molar-refractivity contribution in [2.75, 3.05) is 33.2 Å². The minimum absolute atomic E-state index is 0. The standard InChI is InChI=1S/C24H34N6.HI/c1-25-24(27-17-23-26-9-10-30(23)18-19-5-3-2-4-6-19)29-13-11-28(12-14-29)22-16-20-7-8-21(22)15-20;/h2-6,9-10,20-22H,7-8,11-18H2,1H3,(H,25,27);1H. The van der Waals surface area contributed by atoms with Crippen LogP contribution in [0.25, 0.3) is 0 Å². The predicted octanol–water partition coefficient (Wildman–Crippen LogP) is 3.43. The van der Waals surface area contributed by atoms with Crippen LogP contribution in [0, 0.1) is 11.8 Å². The van der Waals surface area contributed by atoms with E-state index in [1.165, 1.54) is 31.2 Å². The lowest BCUT2D eigenvalue weighted by Crippen LogP contribution is -2.55. The molecular weight excluding hydrogens is 499 g/mol. The molecule has 31 heavy (non-hydrogen) atoms. The summed E-state index contributed by atoms with van der Waals surface area (Å²) in [6.45, 7) is 5.99. The van der Waals surface area contributed by atoms with Crippen LogP contribution in [0.3, 0.4) is 0 Å². The molecule has 3 atom stereocenters. The van der Waals surface area contributed by atoms with E-state index >= 15 is 0 Å². The molecule has 3 fully saturated rings. The van der Waals surface area contributed by atoms with Gasteiger partial charge in [-0.2, -0.15) is 0 Å². The monoisotopic (exact) mass is 534 g/mol. The molecule has 7 heteroatoms. The zero-order chi connectivity index (χ0) is 20.3. The van der Waals surface area contributed by atoms with Gasteiger partial charge in [-0.25, -0.2) is 4.98 Å². The summed E-state index contributed by atoms with van der Waals surface area (Å²) >= 11 is 0. The van der Waals surface area contributed by atoms with Gasteiger partial charge in [-0.3, -0.25) is 9.89 Å². The quantitative estimate of drug-likeness (QED) is 0.363. The van der Waals surface area contributed by atoms with Crippen molar-refractivity contribution in [3.63, 3.8) is 0 Å². The number of imidazole rings is 1. The second kappa shape index (κ2) is 10.3. The summed E-state index contributed by atoms with van der Waals surface area (Å²) in [5.74, 6) is 4.03. The van der Waals surface area contributed by atoms with Gasteiger partial charge in [-0.15, -0.1) is 24.0 Å². The number of fused-ring (bicyclic) bond motifs is 2. The van der Waals surface area contributed by atoms with Crippen LogP contribution < -0.4 is 5.32 Å². The summed E-state index contributed by atoms with van der Waals surface area (Å²) in [5, 5.41) is 3.55. The Labute approximate surface area is 203 Å². The van der Waals surface area contributed by atoms with Crippen LogP contribution in [0.4, 0.5) is 0 Å². The Hall–Kier alpha value is -1.61. The number of nitrogens with zero attached hydrogens (tertiary/aromatic N) is 5. The molecule has 168 valence electrons. The predicted molar refractivity (Wildman–Crippen MR) is 136 cm³/mol. The molecule has 2 saturated carbocycles. The van der Waals surface area contributed by atoms with Gasteiger partial charge in [0.15, 0.2) is 5.96 Å². The lowest BCUT2D eigenvalue weighted by molar-refractivity contribution is 0.0958. The first-order valence-electron chi connectivity index (χ1n) is 11.5. The van der Waals surface area contributed by atoms with E-state index < -0.39 is 0 Å². The molecule has 1 aliphatic heterocycles. The second-order valence-electron chi connectivity index (χ2n) is 9.12. The molecule has 0 radical (unpaired) electrons. The Morgan fingerprint density at radius 3 is 2.58 bits per heavy atom. The Bertz CT molecular complexity index is 858. The zero-order valence-corrected chi connectivity index (χ0v) is 20.8. The molecular formula is C24H35IN6. The van der Waals surface area contributed by atoms with E-state index in [4.69, 9.17) is 0 Å². The van der Waals surface area contributed by atoms with Crippen molar-refractivity contribution in [2.45, 2.75) is 44.8 Å². The molecule has 1 N–H and O–H groups in total. The van der Waals surface area contributed by atoms with E-state index in [1.807, 2.05) is 13.2 Å². The Kier molecular flexibility index (Phi) is 7.53. The van der Waals surface area contributed by atoms with Crippen molar-refractivity contribution in [2.24, 2.45) is 16.8 Å². The fourth-order valence-corrected chi connectivity index (χ4v) is 5.85. The van der Waals surface area contributed by atoms with Crippen LogP contribution in [0.15, 0.2) is 47.7 Å². The van der Waals surface area contributed by atoms with Gasteiger partial charge in [0.25, 0.3) is 0 Å². The number of aliphatic imine (C=N–C) groups is 1.